The van der Waals surface area contributed by atoms with Gasteiger partial charge < -0.3 is 0 Å². The number of hydrogen-bond acceptors (Lipinski definition) is 0. The maximum absolute atomic E-state index is 2.31. The summed E-state index contributed by atoms with van der Waals surface area (Å²) in [5.74, 6) is 0. The second kappa shape index (κ2) is 3.83. The van der Waals surface area contributed by atoms with Crippen LogP contribution in [0, 0.1) is 0 Å². The molecule has 0 saturated heterocycles. The highest BCUT2D eigenvalue weighted by Gasteiger charge is 2.05. The topological polar surface area (TPSA) is 0 Å². The molecule has 0 saturated carbocycles. The molecule has 0 atom stereocenters. The molecule has 0 radical (unpaired) electrons. The Morgan fingerprint density at radius 2 is 2.29 bits per heavy atom. The Morgan fingerprint density at radius 1 is 1.43 bits per heavy atom. The van der Waals surface area contributed by atoms with E-state index in [1.165, 1.54) is 22.3 Å². The molecule has 0 fully saturated rings. The molecule has 72 valence electrons. The van der Waals surface area contributed by atoms with Crippen LogP contribution in [0.25, 0.3) is 6.08 Å². The normalized spacial score (nSPS) is 14.6. The minimum Gasteiger partial charge on any atom is -0.0884 e. The van der Waals surface area contributed by atoms with Crippen molar-refractivity contribution in [1.82, 2.24) is 0 Å². The molecular weight excluding hydrogens is 168 g/mol. The van der Waals surface area contributed by atoms with E-state index in [2.05, 4.69) is 50.3 Å². The summed E-state index contributed by atoms with van der Waals surface area (Å²) in [6.07, 6.45) is 8.83. The van der Waals surface area contributed by atoms with Gasteiger partial charge in [-0.1, -0.05) is 42.0 Å². The Bertz CT molecular complexity index is 394. The van der Waals surface area contributed by atoms with E-state index in [0.717, 1.165) is 12.8 Å². The number of allylic oxidation sites excluding steroid dienone is 3. The first-order valence-electron chi connectivity index (χ1n) is 5.19. The predicted molar refractivity (Wildman–Crippen MR) is 62.3 cm³/mol. The van der Waals surface area contributed by atoms with Gasteiger partial charge in [-0.3, -0.25) is 0 Å². The van der Waals surface area contributed by atoms with Crippen LogP contribution in [0.5, 0.6) is 0 Å². The van der Waals surface area contributed by atoms with Crippen LogP contribution in [0.1, 0.15) is 30.5 Å². The molecular formula is C14H16. The molecule has 0 aromatic heterocycles. The van der Waals surface area contributed by atoms with Gasteiger partial charge >= 0.3 is 0 Å². The smallest absolute Gasteiger partial charge is 0.00698 e. The summed E-state index contributed by atoms with van der Waals surface area (Å²) >= 11 is 0. The highest BCUT2D eigenvalue weighted by atomic mass is 14.1. The van der Waals surface area contributed by atoms with Crippen molar-refractivity contribution in [3.63, 3.8) is 0 Å². The Labute approximate surface area is 86.0 Å². The maximum atomic E-state index is 2.31. The molecule has 1 aliphatic rings. The van der Waals surface area contributed by atoms with E-state index in [-0.39, 0.29) is 0 Å². The summed E-state index contributed by atoms with van der Waals surface area (Å²) in [4.78, 5) is 0. The van der Waals surface area contributed by atoms with Crippen LogP contribution in [0.2, 0.25) is 0 Å². The highest BCUT2D eigenvalue weighted by molar-refractivity contribution is 5.60. The molecule has 0 aliphatic heterocycles. The second-order valence-corrected chi connectivity index (χ2v) is 3.95. The van der Waals surface area contributed by atoms with E-state index in [4.69, 9.17) is 0 Å². The molecule has 0 nitrogen and oxygen atoms in total. The van der Waals surface area contributed by atoms with Crippen molar-refractivity contribution in [1.29, 1.82) is 0 Å². The summed E-state index contributed by atoms with van der Waals surface area (Å²) < 4.78 is 0. The van der Waals surface area contributed by atoms with Crippen LogP contribution >= 0.6 is 0 Å². The average molecular weight is 184 g/mol. The molecule has 0 bridgehead atoms. The van der Waals surface area contributed by atoms with Gasteiger partial charge in [0, 0.05) is 0 Å². The van der Waals surface area contributed by atoms with E-state index in [1.54, 1.807) is 0 Å². The molecule has 0 heterocycles. The third-order valence-electron chi connectivity index (χ3n) is 2.82. The van der Waals surface area contributed by atoms with Gasteiger partial charge in [-0.15, -0.1) is 0 Å². The molecule has 0 spiro atoms. The molecule has 14 heavy (non-hydrogen) atoms. The first kappa shape index (κ1) is 9.26. The van der Waals surface area contributed by atoms with Crippen LogP contribution in [0.15, 0.2) is 35.9 Å². The van der Waals surface area contributed by atoms with E-state index in [0.29, 0.717) is 0 Å². The fourth-order valence-electron chi connectivity index (χ4n) is 1.83. The monoisotopic (exact) mass is 184 g/mol. The number of fused-ring (bicyclic) bond motifs is 1. The Hall–Kier alpha value is -1.30. The molecule has 1 aromatic rings. The lowest BCUT2D eigenvalue weighted by atomic mass is 10.0. The Morgan fingerprint density at radius 3 is 3.07 bits per heavy atom. The van der Waals surface area contributed by atoms with Crippen molar-refractivity contribution < 1.29 is 0 Å². The quantitative estimate of drug-likeness (QED) is 0.614. The van der Waals surface area contributed by atoms with Crippen LogP contribution in [-0.4, -0.2) is 0 Å². The first-order chi connectivity index (χ1) is 6.79. The molecule has 0 unspecified atom stereocenters. The second-order valence-electron chi connectivity index (χ2n) is 3.95. The van der Waals surface area contributed by atoms with Crippen LogP contribution in [0.3, 0.4) is 0 Å². The minimum absolute atomic E-state index is 1.08. The zero-order valence-corrected chi connectivity index (χ0v) is 8.88. The number of benzene rings is 1. The largest absolute Gasteiger partial charge is 0.0884 e. The Balaban J connectivity index is 2.24. The predicted octanol–water partition coefficient (Wildman–Crippen LogP) is 3.76. The molecule has 2 rings (SSSR count). The van der Waals surface area contributed by atoms with E-state index in [9.17, 15) is 0 Å². The third-order valence-corrected chi connectivity index (χ3v) is 2.82. The van der Waals surface area contributed by atoms with Gasteiger partial charge in [0.05, 0.1) is 0 Å². The van der Waals surface area contributed by atoms with Crippen molar-refractivity contribution in [2.75, 3.05) is 0 Å². The van der Waals surface area contributed by atoms with Crippen molar-refractivity contribution in [2.45, 2.75) is 26.7 Å². The zero-order valence-electron chi connectivity index (χ0n) is 8.88. The van der Waals surface area contributed by atoms with Crippen molar-refractivity contribution in [2.24, 2.45) is 0 Å². The lowest BCUT2D eigenvalue weighted by Crippen LogP contribution is -1.89. The molecule has 1 aromatic carbocycles. The van der Waals surface area contributed by atoms with Crippen LogP contribution < -0.4 is 0 Å². The Kier molecular flexibility index (Phi) is 2.53. The third kappa shape index (κ3) is 1.79. The van der Waals surface area contributed by atoms with Gasteiger partial charge in [-0.2, -0.15) is 0 Å². The van der Waals surface area contributed by atoms with E-state index >= 15 is 0 Å². The lowest BCUT2D eigenvalue weighted by molar-refractivity contribution is 1.13. The van der Waals surface area contributed by atoms with Crippen LogP contribution in [-0.2, 0) is 12.8 Å². The van der Waals surface area contributed by atoms with Gasteiger partial charge in [0.25, 0.3) is 0 Å². The fraction of sp³-hybridized carbons (Fsp3) is 0.286. The summed E-state index contributed by atoms with van der Waals surface area (Å²) in [5.41, 5.74) is 5.73. The molecule has 1 aliphatic carbocycles. The summed E-state index contributed by atoms with van der Waals surface area (Å²) in [6, 6.07) is 6.82. The van der Waals surface area contributed by atoms with Crippen LogP contribution in [0.4, 0.5) is 0 Å². The van der Waals surface area contributed by atoms with Gasteiger partial charge in [-0.05, 0) is 43.4 Å². The van der Waals surface area contributed by atoms with E-state index < -0.39 is 0 Å². The highest BCUT2D eigenvalue weighted by Crippen LogP contribution is 2.21. The SMILES string of the molecule is CC=C(C)Cc1ccc2c(c1)C=CC2. The van der Waals surface area contributed by atoms with Gasteiger partial charge in [0.15, 0.2) is 0 Å². The van der Waals surface area contributed by atoms with Gasteiger partial charge in [0.1, 0.15) is 0 Å². The van der Waals surface area contributed by atoms with Gasteiger partial charge in [-0.25, -0.2) is 0 Å². The van der Waals surface area contributed by atoms with Crippen molar-refractivity contribution in [3.8, 4) is 0 Å². The standard InChI is InChI=1S/C14H16/c1-3-11(2)9-12-7-8-13-5-4-6-14(13)10-12/h3-4,6-8,10H,5,9H2,1-2H3. The van der Waals surface area contributed by atoms with Gasteiger partial charge in [0.2, 0.25) is 0 Å². The maximum Gasteiger partial charge on any atom is -0.00698 e. The average Bonchev–Trinajstić information content (AvgIpc) is 2.64. The van der Waals surface area contributed by atoms with Crippen molar-refractivity contribution in [3.05, 3.63) is 52.6 Å². The van der Waals surface area contributed by atoms with Crippen molar-refractivity contribution >= 4 is 6.08 Å². The minimum atomic E-state index is 1.08. The molecule has 0 N–H and O–H groups in total. The summed E-state index contributed by atoms with van der Waals surface area (Å²) in [7, 11) is 0. The zero-order chi connectivity index (χ0) is 9.97. The first-order valence-corrected chi connectivity index (χ1v) is 5.19. The summed E-state index contributed by atoms with van der Waals surface area (Å²) in [5, 5.41) is 0. The molecule has 0 amide bonds. The number of rotatable bonds is 2. The summed E-state index contributed by atoms with van der Waals surface area (Å²) in [6.45, 7) is 4.28. The lowest BCUT2D eigenvalue weighted by Gasteiger charge is -2.04. The fourth-order valence-corrected chi connectivity index (χ4v) is 1.83. The number of hydrogen-bond donors (Lipinski definition) is 0. The molecule has 0 heteroatoms. The van der Waals surface area contributed by atoms with E-state index in [1.807, 2.05) is 0 Å².